The molecule has 8 heteroatoms. The fourth-order valence-corrected chi connectivity index (χ4v) is 2.42. The minimum absolute atomic E-state index is 0.0943. The van der Waals surface area contributed by atoms with Crippen LogP contribution in [0.15, 0.2) is 24.3 Å². The van der Waals surface area contributed by atoms with Crippen LogP contribution in [0.25, 0.3) is 0 Å². The van der Waals surface area contributed by atoms with E-state index in [4.69, 9.17) is 11.6 Å². The molecule has 1 aromatic carbocycles. The second kappa shape index (κ2) is 8.62. The van der Waals surface area contributed by atoms with Gasteiger partial charge in [0.25, 0.3) is 0 Å². The van der Waals surface area contributed by atoms with Crippen LogP contribution in [-0.4, -0.2) is 43.1 Å². The molecule has 0 fully saturated rings. The second-order valence-electron chi connectivity index (χ2n) is 5.71. The molecule has 0 unspecified atom stereocenters. The lowest BCUT2D eigenvalue weighted by molar-refractivity contribution is -0.120. The summed E-state index contributed by atoms with van der Waals surface area (Å²) in [6.45, 7) is 2.68. The average Bonchev–Trinajstić information content (AvgIpc) is 2.54. The van der Waals surface area contributed by atoms with Crippen LogP contribution in [0.5, 0.6) is 0 Å². The maximum atomic E-state index is 13.7. The number of aromatic nitrogens is 2. The highest BCUT2D eigenvalue weighted by molar-refractivity contribution is 6.31. The molecular formula is C17H21ClFN5O. The molecule has 0 aliphatic heterocycles. The van der Waals surface area contributed by atoms with Crippen molar-refractivity contribution in [1.82, 2.24) is 15.3 Å². The summed E-state index contributed by atoms with van der Waals surface area (Å²) in [7, 11) is 3.80. The minimum Gasteiger partial charge on any atom is -0.368 e. The number of anilines is 2. The Bertz CT molecular complexity index is 734. The molecule has 134 valence electrons. The van der Waals surface area contributed by atoms with Crippen LogP contribution in [-0.2, 0) is 11.2 Å². The Hall–Kier alpha value is -2.41. The number of carbonyl (C=O) groups is 1. The molecule has 0 bridgehead atoms. The quantitative estimate of drug-likeness (QED) is 0.737. The zero-order valence-corrected chi connectivity index (χ0v) is 15.2. The van der Waals surface area contributed by atoms with Crippen LogP contribution in [0.2, 0.25) is 5.02 Å². The van der Waals surface area contributed by atoms with Crippen molar-refractivity contribution in [2.45, 2.75) is 13.3 Å². The predicted molar refractivity (Wildman–Crippen MR) is 97.7 cm³/mol. The fraction of sp³-hybridized carbons (Fsp3) is 0.353. The highest BCUT2D eigenvalue weighted by Gasteiger charge is 2.11. The standard InChI is InChI=1S/C17H21ClFN5O/c1-11-22-15(10-16(23-11)24(2)3)20-7-8-21-17(25)9-12-13(18)5-4-6-14(12)19/h4-6,10H,7-9H2,1-3H3,(H,21,25)(H,20,22,23). The van der Waals surface area contributed by atoms with Gasteiger partial charge in [0, 0.05) is 43.8 Å². The Morgan fingerprint density at radius 1 is 1.28 bits per heavy atom. The van der Waals surface area contributed by atoms with Crippen LogP contribution in [0.3, 0.4) is 0 Å². The van der Waals surface area contributed by atoms with Crippen molar-refractivity contribution < 1.29 is 9.18 Å². The third-order valence-electron chi connectivity index (χ3n) is 3.43. The molecule has 0 atom stereocenters. The van der Waals surface area contributed by atoms with Crippen molar-refractivity contribution in [1.29, 1.82) is 0 Å². The number of benzene rings is 1. The van der Waals surface area contributed by atoms with E-state index in [2.05, 4.69) is 20.6 Å². The van der Waals surface area contributed by atoms with Gasteiger partial charge in [0.1, 0.15) is 23.3 Å². The van der Waals surface area contributed by atoms with Gasteiger partial charge in [-0.15, -0.1) is 0 Å². The Morgan fingerprint density at radius 3 is 2.72 bits per heavy atom. The normalized spacial score (nSPS) is 10.4. The summed E-state index contributed by atoms with van der Waals surface area (Å²) in [6.07, 6.45) is -0.0943. The van der Waals surface area contributed by atoms with Crippen molar-refractivity contribution in [3.8, 4) is 0 Å². The highest BCUT2D eigenvalue weighted by atomic mass is 35.5. The Balaban J connectivity index is 1.82. The van der Waals surface area contributed by atoms with Gasteiger partial charge >= 0.3 is 0 Å². The van der Waals surface area contributed by atoms with Gasteiger partial charge in [-0.25, -0.2) is 14.4 Å². The zero-order chi connectivity index (χ0) is 18.4. The first kappa shape index (κ1) is 18.9. The molecule has 0 radical (unpaired) electrons. The molecule has 6 nitrogen and oxygen atoms in total. The number of hydrogen-bond donors (Lipinski definition) is 2. The number of rotatable bonds is 7. The Kier molecular flexibility index (Phi) is 6.52. The van der Waals surface area contributed by atoms with Crippen molar-refractivity contribution in [3.63, 3.8) is 0 Å². The van der Waals surface area contributed by atoms with E-state index in [9.17, 15) is 9.18 Å². The molecule has 0 saturated heterocycles. The lowest BCUT2D eigenvalue weighted by Crippen LogP contribution is -2.30. The van der Waals surface area contributed by atoms with Gasteiger partial charge in [-0.1, -0.05) is 17.7 Å². The average molecular weight is 366 g/mol. The van der Waals surface area contributed by atoms with E-state index >= 15 is 0 Å². The van der Waals surface area contributed by atoms with Gasteiger partial charge in [-0.3, -0.25) is 4.79 Å². The van der Waals surface area contributed by atoms with E-state index in [0.29, 0.717) is 24.7 Å². The fourth-order valence-electron chi connectivity index (χ4n) is 2.19. The molecule has 25 heavy (non-hydrogen) atoms. The molecule has 0 saturated carbocycles. The number of amides is 1. The van der Waals surface area contributed by atoms with Gasteiger partial charge in [0.05, 0.1) is 6.42 Å². The molecule has 1 heterocycles. The zero-order valence-electron chi connectivity index (χ0n) is 14.4. The number of aryl methyl sites for hydroxylation is 1. The molecular weight excluding hydrogens is 345 g/mol. The lowest BCUT2D eigenvalue weighted by Gasteiger charge is -2.14. The molecule has 2 rings (SSSR count). The van der Waals surface area contributed by atoms with Gasteiger partial charge in [-0.2, -0.15) is 0 Å². The van der Waals surface area contributed by atoms with Crippen molar-refractivity contribution >= 4 is 29.1 Å². The van der Waals surface area contributed by atoms with Crippen LogP contribution < -0.4 is 15.5 Å². The molecule has 0 spiro atoms. The minimum atomic E-state index is -0.478. The molecule has 0 aliphatic carbocycles. The van der Waals surface area contributed by atoms with Crippen LogP contribution in [0.1, 0.15) is 11.4 Å². The van der Waals surface area contributed by atoms with E-state index in [1.165, 1.54) is 12.1 Å². The van der Waals surface area contributed by atoms with Gasteiger partial charge in [0.15, 0.2) is 0 Å². The van der Waals surface area contributed by atoms with Crippen LogP contribution in [0.4, 0.5) is 16.0 Å². The first-order chi connectivity index (χ1) is 11.9. The number of carbonyl (C=O) groups excluding carboxylic acids is 1. The molecule has 1 aromatic heterocycles. The number of hydrogen-bond acceptors (Lipinski definition) is 5. The van der Waals surface area contributed by atoms with E-state index in [-0.39, 0.29) is 22.9 Å². The first-order valence-corrected chi connectivity index (χ1v) is 8.21. The van der Waals surface area contributed by atoms with Crippen molar-refractivity contribution in [2.24, 2.45) is 0 Å². The van der Waals surface area contributed by atoms with Gasteiger partial charge in [0.2, 0.25) is 5.91 Å². The molecule has 1 amide bonds. The van der Waals surface area contributed by atoms with Crippen LogP contribution in [0, 0.1) is 12.7 Å². The third-order valence-corrected chi connectivity index (χ3v) is 3.79. The van der Waals surface area contributed by atoms with Crippen molar-refractivity contribution in [2.75, 3.05) is 37.4 Å². The largest absolute Gasteiger partial charge is 0.368 e. The summed E-state index contributed by atoms with van der Waals surface area (Å²) in [5.41, 5.74) is 0.205. The topological polar surface area (TPSA) is 70.2 Å². The molecule has 2 aromatic rings. The maximum Gasteiger partial charge on any atom is 0.224 e. The van der Waals surface area contributed by atoms with Crippen molar-refractivity contribution in [3.05, 3.63) is 46.5 Å². The summed E-state index contributed by atoms with van der Waals surface area (Å²) in [4.78, 5) is 22.4. The predicted octanol–water partition coefficient (Wildman–Crippen LogP) is 2.41. The molecule has 0 aliphatic rings. The summed E-state index contributed by atoms with van der Waals surface area (Å²) in [5, 5.41) is 6.11. The highest BCUT2D eigenvalue weighted by Crippen LogP contribution is 2.19. The Morgan fingerprint density at radius 2 is 2.04 bits per heavy atom. The third kappa shape index (κ3) is 5.56. The smallest absolute Gasteiger partial charge is 0.224 e. The second-order valence-corrected chi connectivity index (χ2v) is 6.11. The van der Waals surface area contributed by atoms with Gasteiger partial charge in [-0.05, 0) is 19.1 Å². The van der Waals surface area contributed by atoms with E-state index in [0.717, 1.165) is 5.82 Å². The number of halogens is 2. The molecule has 2 N–H and O–H groups in total. The summed E-state index contributed by atoms with van der Waals surface area (Å²) < 4.78 is 13.7. The van der Waals surface area contributed by atoms with E-state index in [1.807, 2.05) is 32.0 Å². The van der Waals surface area contributed by atoms with Crippen LogP contribution >= 0.6 is 11.6 Å². The van der Waals surface area contributed by atoms with E-state index in [1.54, 1.807) is 6.07 Å². The number of nitrogens with zero attached hydrogens (tertiary/aromatic N) is 3. The van der Waals surface area contributed by atoms with E-state index < -0.39 is 5.82 Å². The Labute approximate surface area is 151 Å². The maximum absolute atomic E-state index is 13.7. The summed E-state index contributed by atoms with van der Waals surface area (Å²) in [5.74, 6) is 1.37. The number of nitrogens with one attached hydrogen (secondary N) is 2. The summed E-state index contributed by atoms with van der Waals surface area (Å²) in [6, 6.07) is 6.19. The summed E-state index contributed by atoms with van der Waals surface area (Å²) >= 11 is 5.92. The lowest BCUT2D eigenvalue weighted by atomic mass is 10.1. The SMILES string of the molecule is Cc1nc(NCCNC(=O)Cc2c(F)cccc2Cl)cc(N(C)C)n1. The monoisotopic (exact) mass is 365 g/mol. The van der Waals surface area contributed by atoms with Gasteiger partial charge < -0.3 is 15.5 Å². The first-order valence-electron chi connectivity index (χ1n) is 7.83.